The van der Waals surface area contributed by atoms with Gasteiger partial charge in [0, 0.05) is 56.6 Å². The van der Waals surface area contributed by atoms with Crippen LogP contribution in [0.4, 0.5) is 17.2 Å². The molecule has 2 aromatic heterocycles. The first-order chi connectivity index (χ1) is 15.2. The highest BCUT2D eigenvalue weighted by atomic mass is 16.1. The fraction of sp³-hybridized carbons (Fsp3) is 0.455. The van der Waals surface area contributed by atoms with Gasteiger partial charge in [-0.15, -0.1) is 15.3 Å². The number of benzene rings is 1. The molecule has 0 spiro atoms. The third-order valence-electron chi connectivity index (χ3n) is 6.34. The normalized spacial score (nSPS) is 18.5. The zero-order chi connectivity index (χ0) is 21.2. The Labute approximate surface area is 181 Å². The maximum atomic E-state index is 12.8. The summed E-state index contributed by atoms with van der Waals surface area (Å²) in [5.41, 5.74) is 2.82. The first kappa shape index (κ1) is 19.7. The minimum absolute atomic E-state index is 0.0206. The lowest BCUT2D eigenvalue weighted by Gasteiger charge is -2.34. The molecule has 2 aliphatic heterocycles. The first-order valence-corrected chi connectivity index (χ1v) is 10.9. The number of nitrogens with one attached hydrogen (secondary N) is 1. The van der Waals surface area contributed by atoms with Crippen LogP contribution in [0.5, 0.6) is 0 Å². The molecule has 0 aliphatic carbocycles. The van der Waals surface area contributed by atoms with Gasteiger partial charge in [0.25, 0.3) is 0 Å². The molecule has 31 heavy (non-hydrogen) atoms. The summed E-state index contributed by atoms with van der Waals surface area (Å²) in [4.78, 5) is 19.8. The molecule has 2 aliphatic rings. The topological polar surface area (TPSA) is 81.9 Å². The summed E-state index contributed by atoms with van der Waals surface area (Å²) in [5, 5.41) is 15.5. The predicted octanol–water partition coefficient (Wildman–Crippen LogP) is 1.73. The van der Waals surface area contributed by atoms with Crippen molar-refractivity contribution in [2.75, 3.05) is 61.4 Å². The highest BCUT2D eigenvalue weighted by Gasteiger charge is 2.26. The first-order valence-electron chi connectivity index (χ1n) is 10.9. The zero-order valence-electron chi connectivity index (χ0n) is 17.8. The molecule has 4 heterocycles. The molecular formula is C22H28N8O. The highest BCUT2D eigenvalue weighted by molar-refractivity contribution is 5.92. The number of piperidine rings is 1. The fourth-order valence-corrected chi connectivity index (χ4v) is 4.32. The van der Waals surface area contributed by atoms with Crippen molar-refractivity contribution in [1.82, 2.24) is 24.7 Å². The van der Waals surface area contributed by atoms with Crippen LogP contribution in [0.2, 0.25) is 0 Å². The largest absolute Gasteiger partial charge is 0.369 e. The number of fused-ring (bicyclic) bond motifs is 1. The van der Waals surface area contributed by atoms with Gasteiger partial charge < -0.3 is 20.0 Å². The molecule has 0 bridgehead atoms. The van der Waals surface area contributed by atoms with Gasteiger partial charge in [-0.1, -0.05) is 0 Å². The standard InChI is InChI=1S/C22H28N8O/c1-27-12-14-28(15-13-27)19-4-2-18(3-5-19)24-22(31)17-8-10-29(11-9-17)21-7-6-20-25-23-16-30(20)26-21/h2-7,16-17H,8-15H2,1H3,(H,24,31). The van der Waals surface area contributed by atoms with E-state index in [2.05, 4.69) is 54.5 Å². The number of piperazine rings is 1. The van der Waals surface area contributed by atoms with E-state index in [9.17, 15) is 4.79 Å². The number of hydrogen-bond acceptors (Lipinski definition) is 7. The fourth-order valence-electron chi connectivity index (χ4n) is 4.32. The molecule has 2 fully saturated rings. The summed E-state index contributed by atoms with van der Waals surface area (Å²) in [5.74, 6) is 1.02. The zero-order valence-corrected chi connectivity index (χ0v) is 17.8. The van der Waals surface area contributed by atoms with E-state index in [1.54, 1.807) is 10.8 Å². The molecule has 0 unspecified atom stereocenters. The third-order valence-corrected chi connectivity index (χ3v) is 6.34. The second-order valence-electron chi connectivity index (χ2n) is 8.41. The summed E-state index contributed by atoms with van der Waals surface area (Å²) in [6.45, 7) is 5.86. The molecule has 9 nitrogen and oxygen atoms in total. The molecule has 1 aromatic carbocycles. The average Bonchev–Trinajstić information content (AvgIpc) is 3.28. The number of hydrogen-bond donors (Lipinski definition) is 1. The monoisotopic (exact) mass is 420 g/mol. The Kier molecular flexibility index (Phi) is 5.42. The lowest BCUT2D eigenvalue weighted by atomic mass is 9.96. The van der Waals surface area contributed by atoms with Crippen molar-refractivity contribution in [3.63, 3.8) is 0 Å². The number of likely N-dealkylation sites (N-methyl/N-ethyl adjacent to an activating group) is 1. The van der Waals surface area contributed by atoms with Crippen LogP contribution in [0.3, 0.4) is 0 Å². The van der Waals surface area contributed by atoms with Crippen molar-refractivity contribution in [2.24, 2.45) is 5.92 Å². The van der Waals surface area contributed by atoms with Crippen LogP contribution in [-0.4, -0.2) is 76.9 Å². The molecule has 2 saturated heterocycles. The van der Waals surface area contributed by atoms with Crippen molar-refractivity contribution in [1.29, 1.82) is 0 Å². The molecule has 162 valence electrons. The van der Waals surface area contributed by atoms with Crippen LogP contribution in [0.15, 0.2) is 42.7 Å². The SMILES string of the molecule is CN1CCN(c2ccc(NC(=O)C3CCN(c4ccc5nncn5n4)CC3)cc2)CC1. The van der Waals surface area contributed by atoms with E-state index in [1.165, 1.54) is 5.69 Å². The molecule has 9 heteroatoms. The van der Waals surface area contributed by atoms with Gasteiger partial charge in [-0.2, -0.15) is 4.52 Å². The molecular weight excluding hydrogens is 392 g/mol. The van der Waals surface area contributed by atoms with E-state index < -0.39 is 0 Å². The summed E-state index contributed by atoms with van der Waals surface area (Å²) in [6.07, 6.45) is 3.23. The maximum absolute atomic E-state index is 12.8. The van der Waals surface area contributed by atoms with Crippen LogP contribution >= 0.6 is 0 Å². The Hall–Kier alpha value is -3.20. The number of carbonyl (C=O) groups excluding carboxylic acids is 1. The highest BCUT2D eigenvalue weighted by Crippen LogP contribution is 2.24. The van der Waals surface area contributed by atoms with Crippen LogP contribution in [0, 0.1) is 5.92 Å². The van der Waals surface area contributed by atoms with Gasteiger partial charge in [-0.05, 0) is 56.3 Å². The summed E-state index contributed by atoms with van der Waals surface area (Å²) in [6, 6.07) is 12.1. The second-order valence-corrected chi connectivity index (χ2v) is 8.41. The Morgan fingerprint density at radius 2 is 1.68 bits per heavy atom. The average molecular weight is 421 g/mol. The van der Waals surface area contributed by atoms with Gasteiger partial charge in [0.2, 0.25) is 5.91 Å². The van der Waals surface area contributed by atoms with Gasteiger partial charge in [-0.25, -0.2) is 0 Å². The molecule has 1 N–H and O–H groups in total. The van der Waals surface area contributed by atoms with Crippen molar-refractivity contribution in [2.45, 2.75) is 12.8 Å². The second kappa shape index (κ2) is 8.50. The molecule has 3 aromatic rings. The lowest BCUT2D eigenvalue weighted by molar-refractivity contribution is -0.120. The van der Waals surface area contributed by atoms with Crippen LogP contribution in [0.1, 0.15) is 12.8 Å². The molecule has 0 atom stereocenters. The molecule has 0 saturated carbocycles. The van der Waals surface area contributed by atoms with Crippen molar-refractivity contribution >= 4 is 28.7 Å². The van der Waals surface area contributed by atoms with Crippen LogP contribution in [0.25, 0.3) is 5.65 Å². The quantitative estimate of drug-likeness (QED) is 0.688. The third kappa shape index (κ3) is 4.32. The van der Waals surface area contributed by atoms with Crippen molar-refractivity contribution in [3.8, 4) is 0 Å². The van der Waals surface area contributed by atoms with Gasteiger partial charge in [0.15, 0.2) is 5.65 Å². The minimum Gasteiger partial charge on any atom is -0.369 e. The smallest absolute Gasteiger partial charge is 0.227 e. The molecule has 1 amide bonds. The number of anilines is 3. The van der Waals surface area contributed by atoms with Crippen molar-refractivity contribution < 1.29 is 4.79 Å². The Morgan fingerprint density at radius 3 is 2.42 bits per heavy atom. The lowest BCUT2D eigenvalue weighted by Crippen LogP contribution is -2.44. The number of rotatable bonds is 4. The molecule has 5 rings (SSSR count). The summed E-state index contributed by atoms with van der Waals surface area (Å²) in [7, 11) is 2.16. The van der Waals surface area contributed by atoms with Gasteiger partial charge in [0.1, 0.15) is 12.1 Å². The number of amides is 1. The van der Waals surface area contributed by atoms with Crippen LogP contribution in [-0.2, 0) is 4.79 Å². The maximum Gasteiger partial charge on any atom is 0.227 e. The number of carbonyl (C=O) groups is 1. The van der Waals surface area contributed by atoms with E-state index in [0.717, 1.165) is 69.3 Å². The van der Waals surface area contributed by atoms with Gasteiger partial charge >= 0.3 is 0 Å². The Balaban J connectivity index is 1.14. The Morgan fingerprint density at radius 1 is 0.935 bits per heavy atom. The predicted molar refractivity (Wildman–Crippen MR) is 121 cm³/mol. The van der Waals surface area contributed by atoms with Crippen LogP contribution < -0.4 is 15.1 Å². The summed E-state index contributed by atoms with van der Waals surface area (Å²) < 4.78 is 1.68. The van der Waals surface area contributed by atoms with E-state index in [4.69, 9.17) is 0 Å². The summed E-state index contributed by atoms with van der Waals surface area (Å²) >= 11 is 0. The molecule has 0 radical (unpaired) electrons. The minimum atomic E-state index is 0.0206. The van der Waals surface area contributed by atoms with Gasteiger partial charge in [0.05, 0.1) is 0 Å². The number of nitrogens with zero attached hydrogens (tertiary/aromatic N) is 7. The van der Waals surface area contributed by atoms with E-state index in [0.29, 0.717) is 0 Å². The van der Waals surface area contributed by atoms with Gasteiger partial charge in [-0.3, -0.25) is 4.79 Å². The van der Waals surface area contributed by atoms with E-state index in [1.807, 2.05) is 24.3 Å². The van der Waals surface area contributed by atoms with Crippen molar-refractivity contribution in [3.05, 3.63) is 42.7 Å². The van der Waals surface area contributed by atoms with E-state index >= 15 is 0 Å². The number of aromatic nitrogens is 4. The Bertz CT molecular complexity index is 1030. The van der Waals surface area contributed by atoms with E-state index in [-0.39, 0.29) is 11.8 Å².